The van der Waals surface area contributed by atoms with Crippen LogP contribution in [0, 0.1) is 24.2 Å². The molecule has 3 fully saturated rings. The topological polar surface area (TPSA) is 41.6 Å². The minimum absolute atomic E-state index is 0.130. The second kappa shape index (κ2) is 6.19. The van der Waals surface area contributed by atoms with Gasteiger partial charge < -0.3 is 10.1 Å². The quantitative estimate of drug-likeness (QED) is 0.869. The summed E-state index contributed by atoms with van der Waals surface area (Å²) in [5, 5.41) is 3.20. The number of nitrogens with one attached hydrogen (secondary N) is 1. The number of likely N-dealkylation sites (tertiary alicyclic amines) is 1. The second-order valence-electron chi connectivity index (χ2n) is 7.68. The van der Waals surface area contributed by atoms with Gasteiger partial charge in [0.2, 0.25) is 5.91 Å². The van der Waals surface area contributed by atoms with E-state index in [4.69, 9.17) is 4.74 Å². The van der Waals surface area contributed by atoms with E-state index in [1.54, 1.807) is 0 Å². The highest BCUT2D eigenvalue weighted by atomic mass is 32.1. The lowest BCUT2D eigenvalue weighted by Crippen LogP contribution is -2.43. The van der Waals surface area contributed by atoms with Crippen molar-refractivity contribution in [2.75, 3.05) is 32.8 Å². The summed E-state index contributed by atoms with van der Waals surface area (Å²) in [5.41, 5.74) is 0.130. The smallest absolute Gasteiger partial charge is 0.220 e. The van der Waals surface area contributed by atoms with Crippen molar-refractivity contribution in [2.45, 2.75) is 32.7 Å². The number of aryl methyl sites for hydroxylation is 1. The zero-order valence-corrected chi connectivity index (χ0v) is 14.7. The van der Waals surface area contributed by atoms with E-state index < -0.39 is 0 Å². The largest absolute Gasteiger partial charge is 0.380 e. The number of carbonyl (C=O) groups excluding carboxylic acids is 1. The van der Waals surface area contributed by atoms with Gasteiger partial charge in [0.25, 0.3) is 0 Å². The Hall–Kier alpha value is -0.910. The first-order valence-corrected chi connectivity index (χ1v) is 9.57. The molecule has 1 N–H and O–H groups in total. The Labute approximate surface area is 142 Å². The summed E-state index contributed by atoms with van der Waals surface area (Å²) < 4.78 is 5.77. The molecule has 4 rings (SSSR count). The van der Waals surface area contributed by atoms with E-state index in [2.05, 4.69) is 29.3 Å². The van der Waals surface area contributed by atoms with Gasteiger partial charge in [-0.3, -0.25) is 9.69 Å². The van der Waals surface area contributed by atoms with Crippen LogP contribution in [0.3, 0.4) is 0 Å². The van der Waals surface area contributed by atoms with Gasteiger partial charge in [0.05, 0.1) is 13.2 Å². The van der Waals surface area contributed by atoms with E-state index in [1.807, 2.05) is 11.3 Å². The fraction of sp³-hybridized carbons (Fsp3) is 0.722. The van der Waals surface area contributed by atoms with Gasteiger partial charge >= 0.3 is 0 Å². The molecule has 23 heavy (non-hydrogen) atoms. The van der Waals surface area contributed by atoms with Gasteiger partial charge in [0, 0.05) is 53.7 Å². The summed E-state index contributed by atoms with van der Waals surface area (Å²) in [6.07, 6.45) is 3.19. The molecule has 4 nitrogen and oxygen atoms in total. The first-order chi connectivity index (χ1) is 11.1. The SMILES string of the molecule is Cc1ccc(CN2C[C@@H]3COC[C@]3(CNC(=O)CC3CC3)C2)s1. The summed E-state index contributed by atoms with van der Waals surface area (Å²) in [6.45, 7) is 7.75. The number of amides is 1. The van der Waals surface area contributed by atoms with Crippen LogP contribution in [0.5, 0.6) is 0 Å². The average Bonchev–Trinajstić information content (AvgIpc) is 2.94. The van der Waals surface area contributed by atoms with Crippen molar-refractivity contribution in [3.8, 4) is 0 Å². The molecule has 1 amide bonds. The Kier molecular flexibility index (Phi) is 4.20. The molecular weight excluding hydrogens is 308 g/mol. The van der Waals surface area contributed by atoms with Crippen LogP contribution in [-0.2, 0) is 16.1 Å². The normalized spacial score (nSPS) is 30.6. The number of carbonyl (C=O) groups is 1. The summed E-state index contributed by atoms with van der Waals surface area (Å²) in [4.78, 5) is 17.4. The van der Waals surface area contributed by atoms with E-state index in [9.17, 15) is 4.79 Å². The second-order valence-corrected chi connectivity index (χ2v) is 9.05. The van der Waals surface area contributed by atoms with Crippen LogP contribution in [0.1, 0.15) is 29.0 Å². The standard InChI is InChI=1S/C18H26N2O2S/c1-13-2-5-16(23-13)8-20-7-15-9-22-12-18(15,11-20)10-19-17(21)6-14-3-4-14/h2,5,14-15H,3-4,6-12H2,1H3,(H,19,21)/t15-,18+/m1/s1. The van der Waals surface area contributed by atoms with E-state index >= 15 is 0 Å². The predicted octanol–water partition coefficient (Wildman–Crippen LogP) is 2.42. The zero-order chi connectivity index (χ0) is 15.9. The van der Waals surface area contributed by atoms with Crippen molar-refractivity contribution < 1.29 is 9.53 Å². The minimum Gasteiger partial charge on any atom is -0.380 e. The molecule has 1 aromatic rings. The van der Waals surface area contributed by atoms with Crippen molar-refractivity contribution in [1.82, 2.24) is 10.2 Å². The molecule has 0 radical (unpaired) electrons. The van der Waals surface area contributed by atoms with Gasteiger partial charge in [0.15, 0.2) is 0 Å². The molecule has 3 aliphatic rings. The third kappa shape index (κ3) is 3.47. The average molecular weight is 334 g/mol. The van der Waals surface area contributed by atoms with E-state index in [0.717, 1.165) is 45.8 Å². The van der Waals surface area contributed by atoms with E-state index in [1.165, 1.54) is 22.6 Å². The van der Waals surface area contributed by atoms with Crippen LogP contribution in [0.25, 0.3) is 0 Å². The zero-order valence-electron chi connectivity index (χ0n) is 13.8. The molecule has 0 bridgehead atoms. The number of ether oxygens (including phenoxy) is 1. The Morgan fingerprint density at radius 1 is 1.48 bits per heavy atom. The van der Waals surface area contributed by atoms with Crippen LogP contribution < -0.4 is 5.32 Å². The van der Waals surface area contributed by atoms with Gasteiger partial charge in [-0.1, -0.05) is 0 Å². The van der Waals surface area contributed by atoms with E-state index in [-0.39, 0.29) is 11.3 Å². The Bertz CT molecular complexity index is 583. The summed E-state index contributed by atoms with van der Waals surface area (Å²) in [6, 6.07) is 4.45. The highest BCUT2D eigenvalue weighted by Gasteiger charge is 2.50. The molecule has 0 aromatic carbocycles. The number of hydrogen-bond donors (Lipinski definition) is 1. The van der Waals surface area contributed by atoms with Gasteiger partial charge in [-0.05, 0) is 37.8 Å². The fourth-order valence-electron chi connectivity index (χ4n) is 4.03. The van der Waals surface area contributed by atoms with E-state index in [0.29, 0.717) is 11.8 Å². The molecule has 1 aliphatic carbocycles. The first-order valence-electron chi connectivity index (χ1n) is 8.75. The van der Waals surface area contributed by atoms with Crippen LogP contribution in [0.15, 0.2) is 12.1 Å². The number of nitrogens with zero attached hydrogens (tertiary/aromatic N) is 1. The lowest BCUT2D eigenvalue weighted by atomic mass is 9.81. The van der Waals surface area contributed by atoms with Crippen LogP contribution in [0.2, 0.25) is 0 Å². The highest BCUT2D eigenvalue weighted by Crippen LogP contribution is 2.41. The molecule has 1 saturated carbocycles. The summed E-state index contributed by atoms with van der Waals surface area (Å²) >= 11 is 1.89. The first kappa shape index (κ1) is 15.6. The molecule has 0 unspecified atom stereocenters. The van der Waals surface area contributed by atoms with Gasteiger partial charge in [-0.25, -0.2) is 0 Å². The van der Waals surface area contributed by atoms with Crippen molar-refractivity contribution >= 4 is 17.2 Å². The predicted molar refractivity (Wildman–Crippen MR) is 91.4 cm³/mol. The number of fused-ring (bicyclic) bond motifs is 1. The molecule has 2 atom stereocenters. The Morgan fingerprint density at radius 3 is 3.09 bits per heavy atom. The molecular formula is C18H26N2O2S. The maximum absolute atomic E-state index is 12.0. The fourth-order valence-corrected chi connectivity index (χ4v) is 4.97. The third-order valence-electron chi connectivity index (χ3n) is 5.58. The molecule has 3 heterocycles. The molecule has 126 valence electrons. The van der Waals surface area contributed by atoms with Crippen molar-refractivity contribution in [1.29, 1.82) is 0 Å². The molecule has 1 aromatic heterocycles. The van der Waals surface area contributed by atoms with Gasteiger partial charge in [0.1, 0.15) is 0 Å². The minimum atomic E-state index is 0.130. The Morgan fingerprint density at radius 2 is 2.35 bits per heavy atom. The molecule has 5 heteroatoms. The van der Waals surface area contributed by atoms with Gasteiger partial charge in [-0.15, -0.1) is 11.3 Å². The van der Waals surface area contributed by atoms with Crippen molar-refractivity contribution in [2.24, 2.45) is 17.3 Å². The highest BCUT2D eigenvalue weighted by molar-refractivity contribution is 7.11. The van der Waals surface area contributed by atoms with Crippen molar-refractivity contribution in [3.05, 3.63) is 21.9 Å². The number of thiophene rings is 1. The number of rotatable bonds is 6. The maximum Gasteiger partial charge on any atom is 0.220 e. The summed E-state index contributed by atoms with van der Waals surface area (Å²) in [7, 11) is 0. The number of hydrogen-bond acceptors (Lipinski definition) is 4. The lowest BCUT2D eigenvalue weighted by Gasteiger charge is -2.27. The monoisotopic (exact) mass is 334 g/mol. The van der Waals surface area contributed by atoms with Crippen LogP contribution >= 0.6 is 11.3 Å². The molecule has 0 spiro atoms. The van der Waals surface area contributed by atoms with Crippen LogP contribution in [-0.4, -0.2) is 43.7 Å². The molecule has 2 aliphatic heterocycles. The molecule has 2 saturated heterocycles. The lowest BCUT2D eigenvalue weighted by molar-refractivity contribution is -0.122. The maximum atomic E-state index is 12.0. The third-order valence-corrected chi connectivity index (χ3v) is 6.56. The Balaban J connectivity index is 1.35. The summed E-state index contributed by atoms with van der Waals surface area (Å²) in [5.74, 6) is 1.45. The van der Waals surface area contributed by atoms with Gasteiger partial charge in [-0.2, -0.15) is 0 Å². The van der Waals surface area contributed by atoms with Crippen LogP contribution in [0.4, 0.5) is 0 Å². The van der Waals surface area contributed by atoms with Crippen molar-refractivity contribution in [3.63, 3.8) is 0 Å².